The number of carbonyl (C=O) groups is 1. The molecular weight excluding hydrogens is 262 g/mol. The number of hydrogen-bond acceptors (Lipinski definition) is 2. The molecule has 1 amide bonds. The molecule has 116 valence electrons. The Labute approximate surface area is 128 Å². The number of aliphatic hydroxyl groups excluding tert-OH is 1. The minimum Gasteiger partial charge on any atom is -0.395 e. The van der Waals surface area contributed by atoms with Crippen LogP contribution in [-0.4, -0.2) is 35.1 Å². The summed E-state index contributed by atoms with van der Waals surface area (Å²) in [7, 11) is 0. The highest BCUT2D eigenvalue weighted by Gasteiger charge is 2.31. The number of rotatable bonds is 4. The number of hydrogen-bond donors (Lipinski definition) is 1. The van der Waals surface area contributed by atoms with E-state index in [4.69, 9.17) is 0 Å². The van der Waals surface area contributed by atoms with Crippen molar-refractivity contribution in [2.24, 2.45) is 0 Å². The van der Waals surface area contributed by atoms with E-state index in [1.54, 1.807) is 0 Å². The molecule has 0 aliphatic heterocycles. The zero-order valence-electron chi connectivity index (χ0n) is 13.9. The van der Waals surface area contributed by atoms with Crippen molar-refractivity contribution in [2.45, 2.75) is 59.9 Å². The van der Waals surface area contributed by atoms with Gasteiger partial charge in [0.25, 0.3) is 5.91 Å². The van der Waals surface area contributed by atoms with Gasteiger partial charge in [0.15, 0.2) is 0 Å². The van der Waals surface area contributed by atoms with Crippen LogP contribution in [0.3, 0.4) is 0 Å². The van der Waals surface area contributed by atoms with Crippen molar-refractivity contribution in [1.29, 1.82) is 0 Å². The minimum absolute atomic E-state index is 0.0319. The summed E-state index contributed by atoms with van der Waals surface area (Å²) in [6.07, 6.45) is 3.31. The second kappa shape index (κ2) is 6.18. The molecule has 1 aromatic rings. The number of amides is 1. The maximum Gasteiger partial charge on any atom is 0.254 e. The third kappa shape index (κ3) is 2.71. The molecule has 21 heavy (non-hydrogen) atoms. The van der Waals surface area contributed by atoms with Gasteiger partial charge < -0.3 is 10.0 Å². The summed E-state index contributed by atoms with van der Waals surface area (Å²) in [5.41, 5.74) is 6.71. The van der Waals surface area contributed by atoms with Crippen LogP contribution in [0.25, 0.3) is 0 Å². The van der Waals surface area contributed by atoms with Crippen LogP contribution in [0.1, 0.15) is 57.4 Å². The number of benzene rings is 1. The summed E-state index contributed by atoms with van der Waals surface area (Å²) in [6, 6.07) is 0.311. The molecule has 0 saturated heterocycles. The van der Waals surface area contributed by atoms with Gasteiger partial charge in [-0.1, -0.05) is 0 Å². The average Bonchev–Trinajstić information content (AvgIpc) is 2.40. The van der Waals surface area contributed by atoms with Crippen LogP contribution in [0, 0.1) is 34.6 Å². The molecule has 0 radical (unpaired) electrons. The second-order valence-electron chi connectivity index (χ2n) is 6.31. The first-order valence-corrected chi connectivity index (χ1v) is 7.88. The van der Waals surface area contributed by atoms with Crippen molar-refractivity contribution in [2.75, 3.05) is 13.2 Å². The Morgan fingerprint density at radius 2 is 1.48 bits per heavy atom. The largest absolute Gasteiger partial charge is 0.395 e. The third-order valence-corrected chi connectivity index (χ3v) is 5.33. The predicted molar refractivity (Wildman–Crippen MR) is 85.9 cm³/mol. The van der Waals surface area contributed by atoms with Gasteiger partial charge in [0.2, 0.25) is 0 Å². The fourth-order valence-electron chi connectivity index (χ4n) is 3.22. The summed E-state index contributed by atoms with van der Waals surface area (Å²) in [5, 5.41) is 9.30. The number of nitrogens with zero attached hydrogens (tertiary/aromatic N) is 1. The molecule has 1 saturated carbocycles. The Hall–Kier alpha value is -1.35. The van der Waals surface area contributed by atoms with Crippen LogP contribution in [0.15, 0.2) is 0 Å². The lowest BCUT2D eigenvalue weighted by atomic mass is 9.87. The summed E-state index contributed by atoms with van der Waals surface area (Å²) < 4.78 is 0. The van der Waals surface area contributed by atoms with Gasteiger partial charge in [0.1, 0.15) is 0 Å². The van der Waals surface area contributed by atoms with E-state index < -0.39 is 0 Å². The summed E-state index contributed by atoms with van der Waals surface area (Å²) >= 11 is 0. The highest BCUT2D eigenvalue weighted by Crippen LogP contribution is 2.30. The molecule has 0 unspecified atom stereocenters. The molecule has 1 aromatic carbocycles. The van der Waals surface area contributed by atoms with Crippen molar-refractivity contribution < 1.29 is 9.90 Å². The van der Waals surface area contributed by atoms with Crippen LogP contribution < -0.4 is 0 Å². The minimum atomic E-state index is 0.0319. The van der Waals surface area contributed by atoms with Crippen molar-refractivity contribution in [1.82, 2.24) is 4.90 Å². The lowest BCUT2D eigenvalue weighted by Gasteiger charge is -2.38. The summed E-state index contributed by atoms with van der Waals surface area (Å²) in [6.45, 7) is 10.9. The van der Waals surface area contributed by atoms with Crippen molar-refractivity contribution in [3.8, 4) is 0 Å². The van der Waals surface area contributed by atoms with Gasteiger partial charge in [-0.3, -0.25) is 4.79 Å². The number of aliphatic hydroxyl groups is 1. The third-order valence-electron chi connectivity index (χ3n) is 5.33. The molecule has 1 aliphatic carbocycles. The van der Waals surface area contributed by atoms with Gasteiger partial charge in [-0.05, 0) is 81.7 Å². The van der Waals surface area contributed by atoms with Crippen molar-refractivity contribution >= 4 is 5.91 Å². The smallest absolute Gasteiger partial charge is 0.254 e. The average molecular weight is 289 g/mol. The molecule has 0 spiro atoms. The van der Waals surface area contributed by atoms with Crippen LogP contribution >= 0.6 is 0 Å². The van der Waals surface area contributed by atoms with Crippen LogP contribution in [0.5, 0.6) is 0 Å². The lowest BCUT2D eigenvalue weighted by molar-refractivity contribution is 0.0524. The molecule has 0 aromatic heterocycles. The Morgan fingerprint density at radius 3 is 1.86 bits per heavy atom. The van der Waals surface area contributed by atoms with E-state index in [-0.39, 0.29) is 12.5 Å². The molecule has 1 aliphatic rings. The van der Waals surface area contributed by atoms with Crippen LogP contribution in [-0.2, 0) is 0 Å². The van der Waals surface area contributed by atoms with E-state index in [0.29, 0.717) is 12.6 Å². The monoisotopic (exact) mass is 289 g/mol. The molecule has 3 nitrogen and oxygen atoms in total. The van der Waals surface area contributed by atoms with E-state index in [1.165, 1.54) is 23.1 Å². The Kier molecular flexibility index (Phi) is 4.72. The maximum absolute atomic E-state index is 13.0. The first kappa shape index (κ1) is 16.0. The molecule has 2 rings (SSSR count). The lowest BCUT2D eigenvalue weighted by Crippen LogP contribution is -2.46. The zero-order chi connectivity index (χ0) is 15.7. The Balaban J connectivity index is 2.46. The Morgan fingerprint density at radius 1 is 1.00 bits per heavy atom. The molecular formula is C18H27NO2. The van der Waals surface area contributed by atoms with Gasteiger partial charge in [-0.15, -0.1) is 0 Å². The van der Waals surface area contributed by atoms with Crippen LogP contribution in [0.2, 0.25) is 0 Å². The molecule has 1 fully saturated rings. The second-order valence-corrected chi connectivity index (χ2v) is 6.31. The summed E-state index contributed by atoms with van der Waals surface area (Å²) in [4.78, 5) is 14.9. The van der Waals surface area contributed by atoms with E-state index in [9.17, 15) is 9.90 Å². The van der Waals surface area contributed by atoms with Crippen LogP contribution in [0.4, 0.5) is 0 Å². The van der Waals surface area contributed by atoms with Gasteiger partial charge in [-0.2, -0.15) is 0 Å². The SMILES string of the molecule is Cc1c(C)c(C)c(C(=O)N(CCO)C2CCC2)c(C)c1C. The quantitative estimate of drug-likeness (QED) is 0.924. The Bertz CT molecular complexity index is 530. The molecule has 1 N–H and O–H groups in total. The van der Waals surface area contributed by atoms with Gasteiger partial charge in [0, 0.05) is 18.2 Å². The van der Waals surface area contributed by atoms with Gasteiger partial charge >= 0.3 is 0 Å². The predicted octanol–water partition coefficient (Wildman–Crippen LogP) is 3.22. The van der Waals surface area contributed by atoms with E-state index >= 15 is 0 Å². The molecule has 0 atom stereocenters. The van der Waals surface area contributed by atoms with E-state index in [1.807, 2.05) is 18.7 Å². The fraction of sp³-hybridized carbons (Fsp3) is 0.611. The molecule has 3 heteroatoms. The zero-order valence-corrected chi connectivity index (χ0v) is 13.9. The van der Waals surface area contributed by atoms with E-state index in [2.05, 4.69) is 20.8 Å². The first-order chi connectivity index (χ1) is 9.90. The van der Waals surface area contributed by atoms with Crippen molar-refractivity contribution in [3.63, 3.8) is 0 Å². The molecule has 0 bridgehead atoms. The highest BCUT2D eigenvalue weighted by molar-refractivity contribution is 5.98. The standard InChI is InChI=1S/C18H27NO2/c1-11-12(2)14(4)17(15(5)13(11)3)18(21)19(9-10-20)16-7-6-8-16/h16,20H,6-10H2,1-5H3. The fourth-order valence-corrected chi connectivity index (χ4v) is 3.22. The van der Waals surface area contributed by atoms with Gasteiger partial charge in [0.05, 0.1) is 6.61 Å². The summed E-state index contributed by atoms with van der Waals surface area (Å²) in [5.74, 6) is 0.0925. The number of carbonyl (C=O) groups excluding carboxylic acids is 1. The van der Waals surface area contributed by atoms with E-state index in [0.717, 1.165) is 29.5 Å². The van der Waals surface area contributed by atoms with Gasteiger partial charge in [-0.25, -0.2) is 0 Å². The normalized spacial score (nSPS) is 15.0. The highest BCUT2D eigenvalue weighted by atomic mass is 16.3. The van der Waals surface area contributed by atoms with Crippen molar-refractivity contribution in [3.05, 3.63) is 33.4 Å². The maximum atomic E-state index is 13.0. The first-order valence-electron chi connectivity index (χ1n) is 7.88. The molecule has 0 heterocycles. The topological polar surface area (TPSA) is 40.5 Å².